The Balaban J connectivity index is 2.00. The van der Waals surface area contributed by atoms with E-state index in [0.717, 1.165) is 50.8 Å². The quantitative estimate of drug-likeness (QED) is 0.227. The highest BCUT2D eigenvalue weighted by atomic mass is 32.2. The molecule has 32 heavy (non-hydrogen) atoms. The number of fused-ring (bicyclic) bond motifs is 1. The average Bonchev–Trinajstić information content (AvgIpc) is 3.16. The summed E-state index contributed by atoms with van der Waals surface area (Å²) in [5.41, 5.74) is 3.59. The number of aromatic nitrogens is 4. The van der Waals surface area contributed by atoms with Gasteiger partial charge in [0, 0.05) is 12.7 Å². The molecule has 0 amide bonds. The molecule has 9 heteroatoms. The maximum atomic E-state index is 10.3. The predicted molar refractivity (Wildman–Crippen MR) is 133 cm³/mol. The van der Waals surface area contributed by atoms with Crippen molar-refractivity contribution >= 4 is 39.1 Å². The van der Waals surface area contributed by atoms with Crippen LogP contribution in [0.3, 0.4) is 0 Å². The number of nitrogens with one attached hydrogen (secondary N) is 1. The number of anilines is 1. The van der Waals surface area contributed by atoms with Crippen LogP contribution in [0.5, 0.6) is 0 Å². The summed E-state index contributed by atoms with van der Waals surface area (Å²) in [6.07, 6.45) is 5.55. The molecule has 0 radical (unpaired) electrons. The first-order valence-electron chi connectivity index (χ1n) is 11.0. The first kappa shape index (κ1) is 24.8. The van der Waals surface area contributed by atoms with Crippen molar-refractivity contribution in [3.05, 3.63) is 23.7 Å². The minimum Gasteiger partial charge on any atom is -0.367 e. The summed E-state index contributed by atoms with van der Waals surface area (Å²) < 4.78 is 7.11. The molecule has 0 aliphatic heterocycles. The molecule has 0 bridgehead atoms. The highest BCUT2D eigenvalue weighted by Crippen LogP contribution is 2.37. The zero-order valence-electron chi connectivity index (χ0n) is 19.9. The van der Waals surface area contributed by atoms with E-state index in [1.165, 1.54) is 11.8 Å². The van der Waals surface area contributed by atoms with Crippen molar-refractivity contribution in [2.45, 2.75) is 71.4 Å². The summed E-state index contributed by atoms with van der Waals surface area (Å²) >= 11 is 3.12. The van der Waals surface area contributed by atoms with Gasteiger partial charge in [-0.15, -0.1) is 11.3 Å². The second-order valence-electron chi connectivity index (χ2n) is 8.34. The Kier molecular flexibility index (Phi) is 8.08. The topological polar surface area (TPSA) is 93.1 Å². The van der Waals surface area contributed by atoms with Crippen molar-refractivity contribution < 1.29 is 9.84 Å². The van der Waals surface area contributed by atoms with Crippen LogP contribution in [0.4, 0.5) is 5.82 Å². The fourth-order valence-corrected chi connectivity index (χ4v) is 5.32. The Morgan fingerprint density at radius 2 is 1.88 bits per heavy atom. The van der Waals surface area contributed by atoms with E-state index in [1.807, 2.05) is 32.4 Å². The van der Waals surface area contributed by atoms with E-state index in [2.05, 4.69) is 29.1 Å². The molecule has 174 valence electrons. The van der Waals surface area contributed by atoms with Crippen LogP contribution < -0.4 is 5.32 Å². The standard InChI is InChI=1S/C23H33N5O2S2/c1-8-15(9-2)16(30-23(5,6)29)12-25-20-18(13(3)26-22(28-20)31-7)21-27-19-14(4)24-11-10-17(19)32-21/h10-11,15-16,29H,8-9,12H2,1-7H3,(H,25,26,28)/t16-/m0/s1. The van der Waals surface area contributed by atoms with Gasteiger partial charge < -0.3 is 15.2 Å². The van der Waals surface area contributed by atoms with E-state index in [9.17, 15) is 5.11 Å². The van der Waals surface area contributed by atoms with Crippen LogP contribution in [-0.2, 0) is 4.74 Å². The number of ether oxygens (including phenoxy) is 1. The Hall–Kier alpha value is -1.81. The number of rotatable bonds is 10. The minimum atomic E-state index is -1.21. The van der Waals surface area contributed by atoms with Crippen molar-refractivity contribution in [3.8, 4) is 10.6 Å². The van der Waals surface area contributed by atoms with Crippen LogP contribution in [-0.4, -0.2) is 49.7 Å². The lowest BCUT2D eigenvalue weighted by molar-refractivity contribution is -0.213. The summed E-state index contributed by atoms with van der Waals surface area (Å²) in [5, 5.41) is 15.4. The maximum Gasteiger partial charge on any atom is 0.189 e. The first-order chi connectivity index (χ1) is 15.2. The molecule has 7 nitrogen and oxygen atoms in total. The molecule has 0 spiro atoms. The van der Waals surface area contributed by atoms with Gasteiger partial charge in [0.1, 0.15) is 16.3 Å². The van der Waals surface area contributed by atoms with Gasteiger partial charge in [-0.2, -0.15) is 0 Å². The van der Waals surface area contributed by atoms with E-state index < -0.39 is 5.79 Å². The lowest BCUT2D eigenvalue weighted by Crippen LogP contribution is -2.39. The van der Waals surface area contributed by atoms with Gasteiger partial charge in [0.25, 0.3) is 0 Å². The smallest absolute Gasteiger partial charge is 0.189 e. The molecule has 0 saturated heterocycles. The van der Waals surface area contributed by atoms with Gasteiger partial charge in [-0.1, -0.05) is 38.5 Å². The molecule has 0 saturated carbocycles. The molecule has 3 heterocycles. The third-order valence-corrected chi connectivity index (χ3v) is 7.03. The lowest BCUT2D eigenvalue weighted by Gasteiger charge is -2.32. The van der Waals surface area contributed by atoms with E-state index in [4.69, 9.17) is 14.7 Å². The summed E-state index contributed by atoms with van der Waals surface area (Å²) in [7, 11) is 0. The molecule has 2 N–H and O–H groups in total. The van der Waals surface area contributed by atoms with Crippen molar-refractivity contribution in [1.82, 2.24) is 19.9 Å². The summed E-state index contributed by atoms with van der Waals surface area (Å²) in [5.74, 6) is -0.153. The van der Waals surface area contributed by atoms with Crippen LogP contribution >= 0.6 is 23.1 Å². The van der Waals surface area contributed by atoms with Crippen molar-refractivity contribution in [2.24, 2.45) is 5.92 Å². The Morgan fingerprint density at radius 1 is 1.16 bits per heavy atom. The molecule has 0 fully saturated rings. The third kappa shape index (κ3) is 5.75. The van der Waals surface area contributed by atoms with Crippen molar-refractivity contribution in [1.29, 1.82) is 0 Å². The summed E-state index contributed by atoms with van der Waals surface area (Å²) in [6, 6.07) is 1.99. The van der Waals surface area contributed by atoms with Gasteiger partial charge in [0.05, 0.1) is 27.8 Å². The largest absolute Gasteiger partial charge is 0.367 e. The zero-order valence-corrected chi connectivity index (χ0v) is 21.5. The Morgan fingerprint density at radius 3 is 2.47 bits per heavy atom. The zero-order chi connectivity index (χ0) is 23.5. The van der Waals surface area contributed by atoms with Crippen LogP contribution in [0, 0.1) is 19.8 Å². The second-order valence-corrected chi connectivity index (χ2v) is 10.1. The summed E-state index contributed by atoms with van der Waals surface area (Å²) in [6.45, 7) is 12.1. The minimum absolute atomic E-state index is 0.160. The van der Waals surface area contributed by atoms with Gasteiger partial charge in [-0.3, -0.25) is 4.98 Å². The fraction of sp³-hybridized carbons (Fsp3) is 0.565. The van der Waals surface area contributed by atoms with Gasteiger partial charge in [0.15, 0.2) is 10.9 Å². The number of nitrogens with zero attached hydrogens (tertiary/aromatic N) is 4. The molecule has 0 aliphatic rings. The average molecular weight is 476 g/mol. The van der Waals surface area contributed by atoms with Gasteiger partial charge in [-0.05, 0) is 45.9 Å². The monoisotopic (exact) mass is 475 g/mol. The second kappa shape index (κ2) is 10.4. The Labute approximate surface area is 198 Å². The molecule has 1 atom stereocenters. The summed E-state index contributed by atoms with van der Waals surface area (Å²) in [4.78, 5) is 18.7. The molecule has 3 aromatic heterocycles. The van der Waals surface area contributed by atoms with Crippen molar-refractivity contribution in [3.63, 3.8) is 0 Å². The fourth-order valence-electron chi connectivity index (χ4n) is 3.80. The van der Waals surface area contributed by atoms with E-state index in [-0.39, 0.29) is 6.10 Å². The van der Waals surface area contributed by atoms with Gasteiger partial charge in [-0.25, -0.2) is 15.0 Å². The van der Waals surface area contributed by atoms with Gasteiger partial charge in [0.2, 0.25) is 0 Å². The molecule has 3 rings (SSSR count). The molecule has 0 unspecified atom stereocenters. The highest BCUT2D eigenvalue weighted by molar-refractivity contribution is 7.98. The number of aliphatic hydroxyl groups is 1. The number of thioether (sulfide) groups is 1. The lowest BCUT2D eigenvalue weighted by atomic mass is 9.96. The van der Waals surface area contributed by atoms with Crippen LogP contribution in [0.1, 0.15) is 51.9 Å². The van der Waals surface area contributed by atoms with Crippen LogP contribution in [0.2, 0.25) is 0 Å². The number of pyridine rings is 1. The van der Waals surface area contributed by atoms with E-state index in [1.54, 1.807) is 25.2 Å². The maximum absolute atomic E-state index is 10.3. The SMILES string of the molecule is CCC(CC)[C@H](CNc1nc(SC)nc(C)c1-c1nc2c(C)nccc2s1)OC(C)(C)O. The number of hydrogen-bond acceptors (Lipinski definition) is 9. The van der Waals surface area contributed by atoms with Crippen LogP contribution in [0.25, 0.3) is 20.8 Å². The molecule has 3 aromatic rings. The van der Waals surface area contributed by atoms with E-state index in [0.29, 0.717) is 17.6 Å². The first-order valence-corrected chi connectivity index (χ1v) is 13.0. The number of hydrogen-bond donors (Lipinski definition) is 2. The molecular formula is C23H33N5O2S2. The number of thiazole rings is 1. The van der Waals surface area contributed by atoms with Crippen molar-refractivity contribution in [2.75, 3.05) is 18.1 Å². The molecule has 0 aromatic carbocycles. The van der Waals surface area contributed by atoms with Gasteiger partial charge >= 0.3 is 0 Å². The number of aryl methyl sites for hydroxylation is 2. The third-order valence-electron chi connectivity index (χ3n) is 5.44. The highest BCUT2D eigenvalue weighted by Gasteiger charge is 2.27. The van der Waals surface area contributed by atoms with Crippen LogP contribution in [0.15, 0.2) is 17.4 Å². The predicted octanol–water partition coefficient (Wildman–Crippen LogP) is 5.45. The normalized spacial score (nSPS) is 13.2. The molecular weight excluding hydrogens is 442 g/mol. The Bertz CT molecular complexity index is 1060. The van der Waals surface area contributed by atoms with E-state index >= 15 is 0 Å². The molecule has 0 aliphatic carbocycles.